The van der Waals surface area contributed by atoms with Gasteiger partial charge in [-0.15, -0.1) is 12.4 Å². The normalized spacial score (nSPS) is 16.5. The summed E-state index contributed by atoms with van der Waals surface area (Å²) < 4.78 is 0. The first-order valence-electron chi connectivity index (χ1n) is 7.24. The van der Waals surface area contributed by atoms with Crippen molar-refractivity contribution in [1.82, 2.24) is 5.32 Å². The van der Waals surface area contributed by atoms with Crippen LogP contribution < -0.4 is 11.1 Å². The van der Waals surface area contributed by atoms with E-state index < -0.39 is 10.8 Å². The molecule has 1 saturated carbocycles. The van der Waals surface area contributed by atoms with Crippen LogP contribution in [0.3, 0.4) is 0 Å². The zero-order valence-corrected chi connectivity index (χ0v) is 13.4. The van der Waals surface area contributed by atoms with Crippen molar-refractivity contribution in [1.29, 1.82) is 0 Å². The van der Waals surface area contributed by atoms with Gasteiger partial charge in [0.2, 0.25) is 0 Å². The third-order valence-electron chi connectivity index (χ3n) is 4.12. The van der Waals surface area contributed by atoms with E-state index in [0.717, 1.165) is 25.7 Å². The Morgan fingerprint density at radius 1 is 1.36 bits per heavy atom. The van der Waals surface area contributed by atoms with Crippen LogP contribution in [0.15, 0.2) is 18.2 Å². The second-order valence-corrected chi connectivity index (χ2v) is 5.83. The third-order valence-corrected chi connectivity index (χ3v) is 4.12. The summed E-state index contributed by atoms with van der Waals surface area (Å²) in [5, 5.41) is 13.9. The molecule has 6 nitrogen and oxygen atoms in total. The molecule has 3 N–H and O–H groups in total. The quantitative estimate of drug-likeness (QED) is 0.656. The fourth-order valence-electron chi connectivity index (χ4n) is 2.87. The minimum absolute atomic E-state index is 0. The largest absolute Gasteiger partial charge is 0.350 e. The molecule has 2 rings (SSSR count). The van der Waals surface area contributed by atoms with Gasteiger partial charge in [-0.3, -0.25) is 14.9 Å². The number of amides is 1. The second kappa shape index (κ2) is 7.56. The van der Waals surface area contributed by atoms with Gasteiger partial charge in [-0.05, 0) is 25.8 Å². The number of rotatable bonds is 4. The lowest BCUT2D eigenvalue weighted by molar-refractivity contribution is -0.385. The van der Waals surface area contributed by atoms with Crippen LogP contribution in [0.4, 0.5) is 5.69 Å². The summed E-state index contributed by atoms with van der Waals surface area (Å²) in [5.74, 6) is -0.430. The molecule has 0 radical (unpaired) electrons. The standard InChI is InChI=1S/C15H21N3O3.ClH/c1-11-6-5-7-12(13(11)18(20)21)14(19)17-10-15(16)8-3-2-4-9-15;/h5-7H,2-4,8-10,16H2,1H3,(H,17,19);1H. The van der Waals surface area contributed by atoms with Crippen molar-refractivity contribution in [2.45, 2.75) is 44.6 Å². The molecular weight excluding hydrogens is 306 g/mol. The predicted octanol–water partition coefficient (Wildman–Crippen LogP) is 2.72. The summed E-state index contributed by atoms with van der Waals surface area (Å²) in [6.45, 7) is 1.98. The maximum absolute atomic E-state index is 12.2. The van der Waals surface area contributed by atoms with E-state index in [0.29, 0.717) is 12.1 Å². The molecule has 1 fully saturated rings. The van der Waals surface area contributed by atoms with E-state index in [2.05, 4.69) is 5.32 Å². The Kier molecular flexibility index (Phi) is 6.32. The molecule has 1 aliphatic carbocycles. The van der Waals surface area contributed by atoms with E-state index in [-0.39, 0.29) is 29.2 Å². The van der Waals surface area contributed by atoms with E-state index in [1.54, 1.807) is 19.1 Å². The molecule has 0 aliphatic heterocycles. The van der Waals surface area contributed by atoms with Crippen LogP contribution >= 0.6 is 12.4 Å². The molecule has 0 spiro atoms. The highest BCUT2D eigenvalue weighted by Gasteiger charge is 2.29. The van der Waals surface area contributed by atoms with Crippen molar-refractivity contribution in [3.8, 4) is 0 Å². The first-order valence-corrected chi connectivity index (χ1v) is 7.24. The highest BCUT2D eigenvalue weighted by atomic mass is 35.5. The van der Waals surface area contributed by atoms with E-state index >= 15 is 0 Å². The van der Waals surface area contributed by atoms with Crippen molar-refractivity contribution in [3.05, 3.63) is 39.4 Å². The van der Waals surface area contributed by atoms with E-state index in [9.17, 15) is 14.9 Å². The lowest BCUT2D eigenvalue weighted by Crippen LogP contribution is -2.51. The van der Waals surface area contributed by atoms with Gasteiger partial charge in [-0.25, -0.2) is 0 Å². The number of nitro groups is 1. The van der Waals surface area contributed by atoms with E-state index in [1.807, 2.05) is 0 Å². The summed E-state index contributed by atoms with van der Waals surface area (Å²) >= 11 is 0. The minimum Gasteiger partial charge on any atom is -0.350 e. The highest BCUT2D eigenvalue weighted by Crippen LogP contribution is 2.26. The van der Waals surface area contributed by atoms with Gasteiger partial charge in [-0.1, -0.05) is 31.4 Å². The second-order valence-electron chi connectivity index (χ2n) is 5.83. The maximum Gasteiger partial charge on any atom is 0.285 e. The van der Waals surface area contributed by atoms with Crippen molar-refractivity contribution in [2.24, 2.45) is 5.73 Å². The Morgan fingerprint density at radius 2 is 2.00 bits per heavy atom. The van der Waals surface area contributed by atoms with Gasteiger partial charge in [0.25, 0.3) is 11.6 Å². The number of hydrogen-bond acceptors (Lipinski definition) is 4. The lowest BCUT2D eigenvalue weighted by atomic mass is 9.82. The number of nitrogens with zero attached hydrogens (tertiary/aromatic N) is 1. The number of halogens is 1. The topological polar surface area (TPSA) is 98.3 Å². The molecule has 0 saturated heterocycles. The summed E-state index contributed by atoms with van der Waals surface area (Å²) in [4.78, 5) is 22.8. The molecule has 122 valence electrons. The number of benzene rings is 1. The van der Waals surface area contributed by atoms with Crippen LogP contribution in [0, 0.1) is 17.0 Å². The fourth-order valence-corrected chi connectivity index (χ4v) is 2.87. The van der Waals surface area contributed by atoms with Gasteiger partial charge in [0, 0.05) is 17.6 Å². The molecule has 0 bridgehead atoms. The number of nitrogens with one attached hydrogen (secondary N) is 1. The Balaban J connectivity index is 0.00000242. The van der Waals surface area contributed by atoms with E-state index in [1.165, 1.54) is 12.5 Å². The lowest BCUT2D eigenvalue weighted by Gasteiger charge is -2.33. The predicted molar refractivity (Wildman–Crippen MR) is 87.4 cm³/mol. The Hall–Kier alpha value is -1.66. The van der Waals surface area contributed by atoms with Crippen LogP contribution in [0.25, 0.3) is 0 Å². The molecule has 22 heavy (non-hydrogen) atoms. The average molecular weight is 328 g/mol. The number of hydrogen-bond donors (Lipinski definition) is 2. The Labute approximate surface area is 136 Å². The Bertz CT molecular complexity index is 557. The molecule has 1 aromatic carbocycles. The van der Waals surface area contributed by atoms with Gasteiger partial charge in [0.15, 0.2) is 0 Å². The molecule has 7 heteroatoms. The summed E-state index contributed by atoms with van der Waals surface area (Å²) in [6, 6.07) is 4.75. The van der Waals surface area contributed by atoms with Crippen LogP contribution in [-0.4, -0.2) is 22.9 Å². The van der Waals surface area contributed by atoms with Crippen molar-refractivity contribution in [3.63, 3.8) is 0 Å². The number of para-hydroxylation sites is 1. The summed E-state index contributed by atoms with van der Waals surface area (Å²) in [5.41, 5.74) is 6.32. The molecule has 0 heterocycles. The Morgan fingerprint density at radius 3 is 2.59 bits per heavy atom. The van der Waals surface area contributed by atoms with Gasteiger partial charge in [-0.2, -0.15) is 0 Å². The number of nitrogens with two attached hydrogens (primary N) is 1. The van der Waals surface area contributed by atoms with Crippen LogP contribution in [0.5, 0.6) is 0 Å². The van der Waals surface area contributed by atoms with Crippen LogP contribution in [0.2, 0.25) is 0 Å². The monoisotopic (exact) mass is 327 g/mol. The zero-order chi connectivity index (χ0) is 15.5. The summed E-state index contributed by atoms with van der Waals surface area (Å²) in [7, 11) is 0. The number of nitro benzene ring substituents is 1. The summed E-state index contributed by atoms with van der Waals surface area (Å²) in [6.07, 6.45) is 5.07. The fraction of sp³-hybridized carbons (Fsp3) is 0.533. The first kappa shape index (κ1) is 18.4. The van der Waals surface area contributed by atoms with Gasteiger partial charge in [0.05, 0.1) is 4.92 Å². The van der Waals surface area contributed by atoms with Crippen molar-refractivity contribution < 1.29 is 9.72 Å². The zero-order valence-electron chi connectivity index (χ0n) is 12.6. The number of carbonyl (C=O) groups excluding carboxylic acids is 1. The third kappa shape index (κ3) is 4.18. The molecule has 1 aliphatic rings. The van der Waals surface area contributed by atoms with Gasteiger partial charge in [0.1, 0.15) is 5.56 Å². The van der Waals surface area contributed by atoms with E-state index in [4.69, 9.17) is 5.73 Å². The molecular formula is C15H22ClN3O3. The van der Waals surface area contributed by atoms with Gasteiger partial charge < -0.3 is 11.1 Å². The molecule has 0 atom stereocenters. The molecule has 1 aromatic rings. The van der Waals surface area contributed by atoms with Crippen LogP contribution in [-0.2, 0) is 0 Å². The first-order chi connectivity index (χ1) is 9.93. The van der Waals surface area contributed by atoms with Crippen LogP contribution in [0.1, 0.15) is 48.0 Å². The number of aryl methyl sites for hydroxylation is 1. The minimum atomic E-state index is -0.511. The maximum atomic E-state index is 12.2. The SMILES string of the molecule is Cc1cccc(C(=O)NCC2(N)CCCCC2)c1[N+](=O)[O-].Cl. The molecule has 0 unspecified atom stereocenters. The molecule has 1 amide bonds. The van der Waals surface area contributed by atoms with Crippen molar-refractivity contribution in [2.75, 3.05) is 6.54 Å². The number of carbonyl (C=O) groups is 1. The smallest absolute Gasteiger partial charge is 0.285 e. The molecule has 0 aromatic heterocycles. The van der Waals surface area contributed by atoms with Crippen molar-refractivity contribution >= 4 is 24.0 Å². The van der Waals surface area contributed by atoms with Gasteiger partial charge >= 0.3 is 0 Å². The average Bonchev–Trinajstić information content (AvgIpc) is 2.45. The highest BCUT2D eigenvalue weighted by molar-refractivity contribution is 5.98.